The van der Waals surface area contributed by atoms with Crippen LogP contribution in [0.2, 0.25) is 0 Å². The number of aromatic nitrogens is 3. The van der Waals surface area contributed by atoms with Gasteiger partial charge in [0.15, 0.2) is 5.60 Å². The highest BCUT2D eigenvalue weighted by Crippen LogP contribution is 2.35. The van der Waals surface area contributed by atoms with Crippen LogP contribution >= 0.6 is 0 Å². The van der Waals surface area contributed by atoms with E-state index in [1.807, 2.05) is 32.6 Å². The summed E-state index contributed by atoms with van der Waals surface area (Å²) in [4.78, 5) is 15.3. The molecule has 4 rings (SSSR count). The normalized spacial score (nSPS) is 22.5. The van der Waals surface area contributed by atoms with Crippen LogP contribution in [0, 0.1) is 13.8 Å². The van der Waals surface area contributed by atoms with E-state index in [1.165, 1.54) is 32.1 Å². The molecule has 2 fully saturated rings. The van der Waals surface area contributed by atoms with Gasteiger partial charge in [0.05, 0.1) is 11.4 Å². The fraction of sp³-hybridized carbons (Fsp3) is 0.696. The van der Waals surface area contributed by atoms with Crippen LogP contribution in [0.5, 0.6) is 0 Å². The van der Waals surface area contributed by atoms with Crippen molar-refractivity contribution in [3.05, 3.63) is 34.5 Å². The third-order valence-electron chi connectivity index (χ3n) is 6.95. The van der Waals surface area contributed by atoms with Crippen LogP contribution in [-0.2, 0) is 29.5 Å². The maximum absolute atomic E-state index is 13.5. The van der Waals surface area contributed by atoms with E-state index in [4.69, 9.17) is 9.26 Å². The zero-order chi connectivity index (χ0) is 21.3. The predicted molar refractivity (Wildman–Crippen MR) is 113 cm³/mol. The Morgan fingerprint density at radius 1 is 1.27 bits per heavy atom. The van der Waals surface area contributed by atoms with Gasteiger partial charge in [-0.1, -0.05) is 24.4 Å². The molecule has 164 valence electrons. The minimum atomic E-state index is -0.859. The summed E-state index contributed by atoms with van der Waals surface area (Å²) >= 11 is 0. The number of aryl methyl sites for hydroxylation is 2. The van der Waals surface area contributed by atoms with Gasteiger partial charge in [0.1, 0.15) is 5.76 Å². The Hall–Kier alpha value is -2.15. The number of amides is 1. The minimum Gasteiger partial charge on any atom is -0.365 e. The number of carbonyl (C=O) groups is 1. The molecule has 0 N–H and O–H groups in total. The van der Waals surface area contributed by atoms with E-state index in [2.05, 4.69) is 16.3 Å². The van der Waals surface area contributed by atoms with Gasteiger partial charge in [-0.2, -0.15) is 5.10 Å². The third kappa shape index (κ3) is 4.04. The second-order valence-electron chi connectivity index (χ2n) is 9.11. The Bertz CT molecular complexity index is 888. The van der Waals surface area contributed by atoms with Crippen LogP contribution in [-0.4, -0.2) is 45.0 Å². The average molecular weight is 415 g/mol. The minimum absolute atomic E-state index is 0.0123. The molecule has 7 heteroatoms. The van der Waals surface area contributed by atoms with Gasteiger partial charge in [-0.3, -0.25) is 9.48 Å². The van der Waals surface area contributed by atoms with Gasteiger partial charge in [-0.15, -0.1) is 0 Å². The molecule has 3 heterocycles. The van der Waals surface area contributed by atoms with Crippen molar-refractivity contribution >= 4 is 5.91 Å². The molecule has 0 bridgehead atoms. The SMILES string of the molecule is Cc1nn(C)c(C)c1CN(C)C(=O)C1(Cc2cc(C3CCCCC3)no2)CCCO1. The summed E-state index contributed by atoms with van der Waals surface area (Å²) in [5.41, 5.74) is 3.33. The van der Waals surface area contributed by atoms with E-state index in [1.54, 1.807) is 4.90 Å². The van der Waals surface area contributed by atoms with Gasteiger partial charge in [0.2, 0.25) is 0 Å². The number of nitrogens with zero attached hydrogens (tertiary/aromatic N) is 4. The van der Waals surface area contributed by atoms with Gasteiger partial charge in [-0.05, 0) is 39.5 Å². The smallest absolute Gasteiger partial charge is 0.255 e. The monoisotopic (exact) mass is 414 g/mol. The fourth-order valence-corrected chi connectivity index (χ4v) is 5.07. The quantitative estimate of drug-likeness (QED) is 0.718. The first kappa shape index (κ1) is 21.1. The molecule has 1 aliphatic heterocycles. The standard InChI is InChI=1S/C23H34N4O3/c1-16-20(17(2)27(4)24-16)15-26(3)22(28)23(11-8-12-29-23)14-19-13-21(25-30-19)18-9-6-5-7-10-18/h13,18H,5-12,14-15H2,1-4H3. The summed E-state index contributed by atoms with van der Waals surface area (Å²) < 4.78 is 13.6. The average Bonchev–Trinajstić information content (AvgIpc) is 3.46. The molecule has 1 aliphatic carbocycles. The second-order valence-corrected chi connectivity index (χ2v) is 9.11. The van der Waals surface area contributed by atoms with Crippen LogP contribution in [0.3, 0.4) is 0 Å². The number of carbonyl (C=O) groups excluding carboxylic acids is 1. The molecule has 0 aromatic carbocycles. The summed E-state index contributed by atoms with van der Waals surface area (Å²) in [5.74, 6) is 1.26. The number of hydrogen-bond donors (Lipinski definition) is 0. The van der Waals surface area contributed by atoms with Crippen LogP contribution in [0.15, 0.2) is 10.6 Å². The first-order chi connectivity index (χ1) is 14.4. The molecule has 1 atom stereocenters. The number of rotatable bonds is 6. The van der Waals surface area contributed by atoms with Crippen LogP contribution in [0.25, 0.3) is 0 Å². The molecular formula is C23H34N4O3. The molecule has 1 saturated heterocycles. The molecule has 0 spiro atoms. The molecule has 0 radical (unpaired) electrons. The van der Waals surface area contributed by atoms with Crippen molar-refractivity contribution in [2.45, 2.75) is 83.3 Å². The highest BCUT2D eigenvalue weighted by molar-refractivity contribution is 5.85. The molecule has 1 unspecified atom stereocenters. The lowest BCUT2D eigenvalue weighted by Gasteiger charge is -2.31. The van der Waals surface area contributed by atoms with E-state index >= 15 is 0 Å². The molecule has 2 aromatic rings. The molecular weight excluding hydrogens is 380 g/mol. The lowest BCUT2D eigenvalue weighted by atomic mass is 9.86. The van der Waals surface area contributed by atoms with E-state index in [0.717, 1.165) is 34.8 Å². The molecule has 7 nitrogen and oxygen atoms in total. The van der Waals surface area contributed by atoms with Gasteiger partial charge < -0.3 is 14.2 Å². The van der Waals surface area contributed by atoms with Gasteiger partial charge in [0, 0.05) is 56.9 Å². The van der Waals surface area contributed by atoms with Crippen molar-refractivity contribution in [3.8, 4) is 0 Å². The third-order valence-corrected chi connectivity index (χ3v) is 6.95. The molecule has 1 saturated carbocycles. The number of hydrogen-bond acceptors (Lipinski definition) is 5. The summed E-state index contributed by atoms with van der Waals surface area (Å²) in [6.45, 7) is 5.16. The van der Waals surface area contributed by atoms with Crippen LogP contribution in [0.1, 0.15) is 79.3 Å². The molecule has 2 aliphatic rings. The van der Waals surface area contributed by atoms with Crippen molar-refractivity contribution in [1.29, 1.82) is 0 Å². The summed E-state index contributed by atoms with van der Waals surface area (Å²) in [6.07, 6.45) is 8.23. The van der Waals surface area contributed by atoms with E-state index in [9.17, 15) is 4.79 Å². The van der Waals surface area contributed by atoms with Crippen molar-refractivity contribution in [2.24, 2.45) is 7.05 Å². The van der Waals surface area contributed by atoms with E-state index in [0.29, 0.717) is 31.9 Å². The second kappa shape index (κ2) is 8.53. The maximum atomic E-state index is 13.5. The topological polar surface area (TPSA) is 73.4 Å². The Balaban J connectivity index is 1.49. The summed E-state index contributed by atoms with van der Waals surface area (Å²) in [6, 6.07) is 2.06. The lowest BCUT2D eigenvalue weighted by molar-refractivity contribution is -0.152. The zero-order valence-electron chi connectivity index (χ0n) is 18.7. The van der Waals surface area contributed by atoms with Crippen molar-refractivity contribution in [3.63, 3.8) is 0 Å². The van der Waals surface area contributed by atoms with E-state index in [-0.39, 0.29) is 5.91 Å². The van der Waals surface area contributed by atoms with Crippen LogP contribution in [0.4, 0.5) is 0 Å². The number of likely N-dealkylation sites (N-methyl/N-ethyl adjacent to an activating group) is 1. The Labute approximate surface area is 178 Å². The fourth-order valence-electron chi connectivity index (χ4n) is 5.07. The Kier molecular flexibility index (Phi) is 6.00. The number of ether oxygens (including phenoxy) is 1. The Morgan fingerprint density at radius 2 is 2.03 bits per heavy atom. The van der Waals surface area contributed by atoms with Crippen molar-refractivity contribution in [1.82, 2.24) is 19.8 Å². The Morgan fingerprint density at radius 3 is 2.67 bits per heavy atom. The molecule has 1 amide bonds. The van der Waals surface area contributed by atoms with Gasteiger partial charge >= 0.3 is 0 Å². The predicted octanol–water partition coefficient (Wildman–Crippen LogP) is 3.82. The molecule has 2 aromatic heterocycles. The van der Waals surface area contributed by atoms with E-state index < -0.39 is 5.60 Å². The summed E-state index contributed by atoms with van der Waals surface area (Å²) in [7, 11) is 3.79. The van der Waals surface area contributed by atoms with Crippen molar-refractivity contribution < 1.29 is 14.1 Å². The largest absolute Gasteiger partial charge is 0.365 e. The maximum Gasteiger partial charge on any atom is 0.255 e. The zero-order valence-corrected chi connectivity index (χ0v) is 18.7. The van der Waals surface area contributed by atoms with Crippen molar-refractivity contribution in [2.75, 3.05) is 13.7 Å². The van der Waals surface area contributed by atoms with Crippen LogP contribution < -0.4 is 0 Å². The van der Waals surface area contributed by atoms with Gasteiger partial charge in [0.25, 0.3) is 5.91 Å². The highest BCUT2D eigenvalue weighted by Gasteiger charge is 2.45. The first-order valence-electron chi connectivity index (χ1n) is 11.2. The lowest BCUT2D eigenvalue weighted by Crippen LogP contribution is -2.48. The highest BCUT2D eigenvalue weighted by atomic mass is 16.5. The molecule has 30 heavy (non-hydrogen) atoms. The summed E-state index contributed by atoms with van der Waals surface area (Å²) in [5, 5.41) is 8.82. The first-order valence-corrected chi connectivity index (χ1v) is 11.2. The van der Waals surface area contributed by atoms with Gasteiger partial charge in [-0.25, -0.2) is 0 Å².